The fourth-order valence-electron chi connectivity index (χ4n) is 3.19. The fraction of sp³-hybridized carbons (Fsp3) is 0.818. The van der Waals surface area contributed by atoms with E-state index in [1.807, 2.05) is 0 Å². The van der Waals surface area contributed by atoms with Gasteiger partial charge in [-0.05, 0) is 33.1 Å². The van der Waals surface area contributed by atoms with Crippen molar-refractivity contribution in [2.45, 2.75) is 50.7 Å². The molecule has 1 aliphatic heterocycles. The summed E-state index contributed by atoms with van der Waals surface area (Å²) in [5, 5.41) is 18.6. The molecule has 2 N–H and O–H groups in total. The van der Waals surface area contributed by atoms with Crippen LogP contribution in [0.3, 0.4) is 0 Å². The summed E-state index contributed by atoms with van der Waals surface area (Å²) in [7, 11) is 0. The molecule has 1 saturated heterocycles. The van der Waals surface area contributed by atoms with Crippen LogP contribution in [0, 0.1) is 5.41 Å². The molecule has 1 aliphatic carbocycles. The number of fused-ring (bicyclic) bond motifs is 2. The molecule has 0 spiro atoms. The molecule has 0 radical (unpaired) electrons. The van der Waals surface area contributed by atoms with Gasteiger partial charge < -0.3 is 14.9 Å². The van der Waals surface area contributed by atoms with E-state index < -0.39 is 28.6 Å². The normalized spacial score (nSPS) is 40.6. The fourth-order valence-corrected chi connectivity index (χ4v) is 3.19. The monoisotopic (exact) mass is 228 g/mol. The first kappa shape index (κ1) is 11.4. The van der Waals surface area contributed by atoms with Crippen LogP contribution >= 0.6 is 0 Å². The number of carbonyl (C=O) groups is 2. The minimum atomic E-state index is -1.29. The molecule has 0 aromatic carbocycles. The molecule has 2 aliphatic rings. The summed E-state index contributed by atoms with van der Waals surface area (Å²) >= 11 is 0. The Kier molecular flexibility index (Phi) is 2.11. The van der Waals surface area contributed by atoms with Gasteiger partial charge in [0.15, 0.2) is 5.60 Å². The molecule has 1 heterocycles. The Morgan fingerprint density at radius 3 is 2.25 bits per heavy atom. The third-order valence-electron chi connectivity index (χ3n) is 4.17. The molecule has 90 valence electrons. The first-order chi connectivity index (χ1) is 7.26. The highest BCUT2D eigenvalue weighted by Gasteiger charge is 2.68. The summed E-state index contributed by atoms with van der Waals surface area (Å²) in [5.41, 5.74) is -3.27. The standard InChI is InChI=1S/C11H16O5/c1-9(2)10(7(12)13)4-3-5-11(6-10,16-9)8(14)15/h3-6H2,1-2H3,(H,12,13)(H,14,15). The van der Waals surface area contributed by atoms with Gasteiger partial charge in [0.1, 0.15) is 0 Å². The predicted octanol–water partition coefficient (Wildman–Crippen LogP) is 1.26. The summed E-state index contributed by atoms with van der Waals surface area (Å²) in [4.78, 5) is 22.7. The van der Waals surface area contributed by atoms with Crippen molar-refractivity contribution in [2.75, 3.05) is 0 Å². The first-order valence-electron chi connectivity index (χ1n) is 5.43. The zero-order valence-corrected chi connectivity index (χ0v) is 9.45. The lowest BCUT2D eigenvalue weighted by Crippen LogP contribution is -2.47. The topological polar surface area (TPSA) is 83.8 Å². The van der Waals surface area contributed by atoms with Crippen molar-refractivity contribution in [3.8, 4) is 0 Å². The molecular weight excluding hydrogens is 212 g/mol. The zero-order valence-electron chi connectivity index (χ0n) is 9.45. The van der Waals surface area contributed by atoms with Gasteiger partial charge in [-0.25, -0.2) is 4.79 Å². The van der Waals surface area contributed by atoms with Crippen molar-refractivity contribution in [3.05, 3.63) is 0 Å². The molecule has 0 aromatic heterocycles. The summed E-state index contributed by atoms with van der Waals surface area (Å²) < 4.78 is 5.61. The molecule has 2 rings (SSSR count). The van der Waals surface area contributed by atoms with E-state index >= 15 is 0 Å². The predicted molar refractivity (Wildman–Crippen MR) is 54.1 cm³/mol. The van der Waals surface area contributed by atoms with E-state index in [0.717, 1.165) is 0 Å². The number of carboxylic acids is 2. The van der Waals surface area contributed by atoms with Gasteiger partial charge in [-0.1, -0.05) is 0 Å². The summed E-state index contributed by atoms with van der Waals surface area (Å²) in [6, 6.07) is 0. The van der Waals surface area contributed by atoms with Crippen LogP contribution < -0.4 is 0 Å². The van der Waals surface area contributed by atoms with Gasteiger partial charge in [0.25, 0.3) is 0 Å². The Labute approximate surface area is 93.4 Å². The van der Waals surface area contributed by atoms with Crippen LogP contribution in [0.25, 0.3) is 0 Å². The molecule has 5 heteroatoms. The van der Waals surface area contributed by atoms with Crippen molar-refractivity contribution >= 4 is 11.9 Å². The van der Waals surface area contributed by atoms with Crippen molar-refractivity contribution in [2.24, 2.45) is 5.41 Å². The Hall–Kier alpha value is -1.10. The van der Waals surface area contributed by atoms with Crippen molar-refractivity contribution in [3.63, 3.8) is 0 Å². The second-order valence-corrected chi connectivity index (χ2v) is 5.33. The molecule has 0 amide bonds. The van der Waals surface area contributed by atoms with Crippen LogP contribution in [0.2, 0.25) is 0 Å². The van der Waals surface area contributed by atoms with E-state index in [1.165, 1.54) is 0 Å². The van der Waals surface area contributed by atoms with E-state index in [2.05, 4.69) is 0 Å². The second kappa shape index (κ2) is 2.97. The molecule has 2 fully saturated rings. The van der Waals surface area contributed by atoms with E-state index in [1.54, 1.807) is 13.8 Å². The van der Waals surface area contributed by atoms with Crippen LogP contribution in [0.5, 0.6) is 0 Å². The largest absolute Gasteiger partial charge is 0.481 e. The maximum atomic E-state index is 11.4. The summed E-state index contributed by atoms with van der Waals surface area (Å²) in [6.45, 7) is 3.36. The first-order valence-corrected chi connectivity index (χ1v) is 5.43. The van der Waals surface area contributed by atoms with E-state index in [-0.39, 0.29) is 6.42 Å². The number of hydrogen-bond acceptors (Lipinski definition) is 3. The lowest BCUT2D eigenvalue weighted by atomic mass is 9.64. The summed E-state index contributed by atoms with van der Waals surface area (Å²) in [6.07, 6.45) is 1.56. The van der Waals surface area contributed by atoms with Gasteiger partial charge in [0.05, 0.1) is 11.0 Å². The molecule has 2 atom stereocenters. The molecule has 2 bridgehead atoms. The number of rotatable bonds is 2. The van der Waals surface area contributed by atoms with Crippen LogP contribution in [-0.2, 0) is 14.3 Å². The third kappa shape index (κ3) is 1.15. The number of carboxylic acid groups (broad SMARTS) is 2. The highest BCUT2D eigenvalue weighted by atomic mass is 16.6. The zero-order chi connectivity index (χ0) is 12.2. The van der Waals surface area contributed by atoms with Gasteiger partial charge in [0, 0.05) is 6.42 Å². The quantitative estimate of drug-likeness (QED) is 0.743. The Morgan fingerprint density at radius 2 is 1.75 bits per heavy atom. The van der Waals surface area contributed by atoms with Crippen molar-refractivity contribution in [1.82, 2.24) is 0 Å². The van der Waals surface area contributed by atoms with Crippen molar-refractivity contribution < 1.29 is 24.5 Å². The Balaban J connectivity index is 2.49. The number of aliphatic carboxylic acids is 2. The average molecular weight is 228 g/mol. The highest BCUT2D eigenvalue weighted by Crippen LogP contribution is 2.59. The van der Waals surface area contributed by atoms with Gasteiger partial charge in [-0.2, -0.15) is 0 Å². The van der Waals surface area contributed by atoms with Crippen molar-refractivity contribution in [1.29, 1.82) is 0 Å². The Bertz CT molecular complexity index is 361. The van der Waals surface area contributed by atoms with Crippen LogP contribution in [0.1, 0.15) is 39.5 Å². The SMILES string of the molecule is CC1(C)OC2(C(=O)O)CCCC1(C(=O)O)C2. The lowest BCUT2D eigenvalue weighted by Gasteiger charge is -2.36. The van der Waals surface area contributed by atoms with Gasteiger partial charge >= 0.3 is 11.9 Å². The smallest absolute Gasteiger partial charge is 0.336 e. The van der Waals surface area contributed by atoms with Gasteiger partial charge in [-0.3, -0.25) is 4.79 Å². The Morgan fingerprint density at radius 1 is 1.12 bits per heavy atom. The molecule has 1 saturated carbocycles. The number of ether oxygens (including phenoxy) is 1. The minimum absolute atomic E-state index is 0.0810. The minimum Gasteiger partial charge on any atom is -0.481 e. The summed E-state index contributed by atoms with van der Waals surface area (Å²) in [5.74, 6) is -1.98. The maximum Gasteiger partial charge on any atom is 0.336 e. The van der Waals surface area contributed by atoms with Crippen LogP contribution in [0.15, 0.2) is 0 Å². The van der Waals surface area contributed by atoms with Crippen LogP contribution in [0.4, 0.5) is 0 Å². The van der Waals surface area contributed by atoms with Gasteiger partial charge in [-0.15, -0.1) is 0 Å². The molecular formula is C11H16O5. The molecule has 16 heavy (non-hydrogen) atoms. The molecule has 2 unspecified atom stereocenters. The molecule has 0 aromatic rings. The average Bonchev–Trinajstić information content (AvgIpc) is 2.32. The molecule has 5 nitrogen and oxygen atoms in total. The van der Waals surface area contributed by atoms with E-state index in [4.69, 9.17) is 4.74 Å². The highest BCUT2D eigenvalue weighted by molar-refractivity contribution is 5.84. The lowest BCUT2D eigenvalue weighted by molar-refractivity contribution is -0.174. The second-order valence-electron chi connectivity index (χ2n) is 5.33. The van der Waals surface area contributed by atoms with Gasteiger partial charge in [0.2, 0.25) is 0 Å². The van der Waals surface area contributed by atoms with Crippen LogP contribution in [-0.4, -0.2) is 33.4 Å². The third-order valence-corrected chi connectivity index (χ3v) is 4.17. The maximum absolute atomic E-state index is 11.4. The van der Waals surface area contributed by atoms with E-state index in [9.17, 15) is 19.8 Å². The number of hydrogen-bond donors (Lipinski definition) is 2. The van der Waals surface area contributed by atoms with E-state index in [0.29, 0.717) is 19.3 Å².